The van der Waals surface area contributed by atoms with E-state index >= 15 is 0 Å². The second-order valence-corrected chi connectivity index (χ2v) is 4.88. The molecule has 2 N–H and O–H groups in total. The second kappa shape index (κ2) is 6.00. The highest BCUT2D eigenvalue weighted by Crippen LogP contribution is 2.20. The number of hydrogen-bond donors (Lipinski definition) is 2. The van der Waals surface area contributed by atoms with Gasteiger partial charge in [-0.15, -0.1) is 0 Å². The molecule has 0 bridgehead atoms. The van der Waals surface area contributed by atoms with Gasteiger partial charge in [-0.2, -0.15) is 0 Å². The van der Waals surface area contributed by atoms with E-state index in [-0.39, 0.29) is 17.4 Å². The van der Waals surface area contributed by atoms with Gasteiger partial charge in [0.1, 0.15) is 5.82 Å². The maximum atomic E-state index is 13.5. The van der Waals surface area contributed by atoms with Crippen LogP contribution in [0.15, 0.2) is 18.2 Å². The van der Waals surface area contributed by atoms with Crippen LogP contribution in [0.1, 0.15) is 17.3 Å². The molecule has 108 valence electrons. The van der Waals surface area contributed by atoms with Crippen LogP contribution in [-0.4, -0.2) is 32.1 Å². The number of benzene rings is 1. The van der Waals surface area contributed by atoms with Crippen molar-refractivity contribution >= 4 is 17.6 Å². The Labute approximate surface area is 116 Å². The molecule has 1 fully saturated rings. The van der Waals surface area contributed by atoms with Crippen molar-refractivity contribution in [3.05, 3.63) is 29.6 Å². The van der Waals surface area contributed by atoms with Crippen LogP contribution in [0.2, 0.25) is 0 Å². The molecule has 0 saturated carbocycles. The predicted octanol–water partition coefficient (Wildman–Crippen LogP) is 1.41. The molecule has 1 atom stereocenters. The van der Waals surface area contributed by atoms with Crippen molar-refractivity contribution in [3.8, 4) is 0 Å². The molecule has 1 aromatic carbocycles. The number of ether oxygens (including phenoxy) is 1. The van der Waals surface area contributed by atoms with Crippen molar-refractivity contribution < 1.29 is 18.7 Å². The smallest absolute Gasteiger partial charge is 0.340 e. The number of nitrogens with one attached hydrogen (secondary N) is 2. The van der Waals surface area contributed by atoms with Gasteiger partial charge in [0.25, 0.3) is 0 Å². The van der Waals surface area contributed by atoms with E-state index in [1.807, 2.05) is 6.92 Å². The minimum atomic E-state index is -0.769. The van der Waals surface area contributed by atoms with Crippen LogP contribution in [0.3, 0.4) is 0 Å². The van der Waals surface area contributed by atoms with Crippen LogP contribution in [0, 0.1) is 17.7 Å². The largest absolute Gasteiger partial charge is 0.465 e. The summed E-state index contributed by atoms with van der Waals surface area (Å²) in [5.74, 6) is -1.40. The highest BCUT2D eigenvalue weighted by atomic mass is 19.1. The molecule has 1 saturated heterocycles. The monoisotopic (exact) mass is 280 g/mol. The Morgan fingerprint density at radius 3 is 2.70 bits per heavy atom. The van der Waals surface area contributed by atoms with Crippen molar-refractivity contribution in [1.29, 1.82) is 0 Å². The maximum absolute atomic E-state index is 13.5. The second-order valence-electron chi connectivity index (χ2n) is 4.88. The minimum absolute atomic E-state index is 0.136. The van der Waals surface area contributed by atoms with Gasteiger partial charge in [-0.1, -0.05) is 6.92 Å². The fourth-order valence-electron chi connectivity index (χ4n) is 2.00. The van der Waals surface area contributed by atoms with Crippen molar-refractivity contribution in [1.82, 2.24) is 5.32 Å². The summed E-state index contributed by atoms with van der Waals surface area (Å²) in [4.78, 5) is 23.4. The Morgan fingerprint density at radius 2 is 2.15 bits per heavy atom. The Bertz CT molecular complexity index is 529. The van der Waals surface area contributed by atoms with Crippen molar-refractivity contribution in [2.45, 2.75) is 6.92 Å². The Kier molecular flexibility index (Phi) is 4.34. The zero-order chi connectivity index (χ0) is 14.7. The molecule has 5 nitrogen and oxygen atoms in total. The van der Waals surface area contributed by atoms with Crippen molar-refractivity contribution in [2.24, 2.45) is 11.8 Å². The fourth-order valence-corrected chi connectivity index (χ4v) is 2.00. The maximum Gasteiger partial charge on any atom is 0.340 e. The molecule has 0 spiro atoms. The molecule has 1 aliphatic heterocycles. The molecule has 20 heavy (non-hydrogen) atoms. The summed E-state index contributed by atoms with van der Waals surface area (Å²) < 4.78 is 18.0. The first-order chi connectivity index (χ1) is 9.52. The molecule has 6 heteroatoms. The van der Waals surface area contributed by atoms with Crippen LogP contribution < -0.4 is 10.6 Å². The summed E-state index contributed by atoms with van der Waals surface area (Å²) in [6.07, 6.45) is 0. The van der Waals surface area contributed by atoms with E-state index in [2.05, 4.69) is 15.4 Å². The van der Waals surface area contributed by atoms with Crippen LogP contribution in [0.4, 0.5) is 10.1 Å². The lowest BCUT2D eigenvalue weighted by atomic mass is 9.88. The third-order valence-corrected chi connectivity index (χ3v) is 3.57. The van der Waals surface area contributed by atoms with E-state index in [4.69, 9.17) is 0 Å². The summed E-state index contributed by atoms with van der Waals surface area (Å²) in [7, 11) is 1.18. The molecule has 1 aromatic rings. The number of rotatable bonds is 4. The SMILES string of the molecule is COC(=O)c1cc(NC(=O)C(C)C2CNC2)ccc1F. The molecule has 0 radical (unpaired) electrons. The molecule has 2 rings (SSSR count). The molecule has 1 unspecified atom stereocenters. The van der Waals surface area contributed by atoms with Gasteiger partial charge in [0.2, 0.25) is 5.91 Å². The first kappa shape index (κ1) is 14.5. The summed E-state index contributed by atoms with van der Waals surface area (Å²) in [5.41, 5.74) is 0.194. The van der Waals surface area contributed by atoms with Crippen LogP contribution in [-0.2, 0) is 9.53 Å². The highest BCUT2D eigenvalue weighted by Gasteiger charge is 2.28. The predicted molar refractivity (Wildman–Crippen MR) is 71.9 cm³/mol. The molecule has 1 amide bonds. The number of carbonyl (C=O) groups is 2. The summed E-state index contributed by atoms with van der Waals surface area (Å²) >= 11 is 0. The molecule has 0 aromatic heterocycles. The zero-order valence-corrected chi connectivity index (χ0v) is 11.4. The summed E-state index contributed by atoms with van der Waals surface area (Å²) in [6, 6.07) is 3.84. The number of amides is 1. The Hall–Kier alpha value is -1.95. The van der Waals surface area contributed by atoms with E-state index < -0.39 is 11.8 Å². The average molecular weight is 280 g/mol. The lowest BCUT2D eigenvalue weighted by Gasteiger charge is -2.31. The third kappa shape index (κ3) is 2.96. The van der Waals surface area contributed by atoms with Crippen LogP contribution in [0.25, 0.3) is 0 Å². The van der Waals surface area contributed by atoms with Crippen LogP contribution in [0.5, 0.6) is 0 Å². The molecular weight excluding hydrogens is 263 g/mol. The number of carbonyl (C=O) groups excluding carboxylic acids is 2. The van der Waals surface area contributed by atoms with E-state index in [1.165, 1.54) is 19.2 Å². The quantitative estimate of drug-likeness (QED) is 0.818. The molecule has 1 heterocycles. The topological polar surface area (TPSA) is 67.4 Å². The lowest BCUT2D eigenvalue weighted by Crippen LogP contribution is -2.48. The van der Waals surface area contributed by atoms with Crippen molar-refractivity contribution in [3.63, 3.8) is 0 Å². The van der Waals surface area contributed by atoms with Gasteiger partial charge in [-0.05, 0) is 37.2 Å². The highest BCUT2D eigenvalue weighted by molar-refractivity contribution is 5.95. The zero-order valence-electron chi connectivity index (χ0n) is 11.4. The summed E-state index contributed by atoms with van der Waals surface area (Å²) in [6.45, 7) is 3.50. The van der Waals surface area contributed by atoms with Gasteiger partial charge in [0, 0.05) is 11.6 Å². The number of esters is 1. The summed E-state index contributed by atoms with van der Waals surface area (Å²) in [5, 5.41) is 5.81. The number of methoxy groups -OCH3 is 1. The fraction of sp³-hybridized carbons (Fsp3) is 0.429. The number of halogens is 1. The molecule has 0 aliphatic carbocycles. The number of anilines is 1. The Balaban J connectivity index is 2.09. The van der Waals surface area contributed by atoms with Gasteiger partial charge in [-0.3, -0.25) is 4.79 Å². The standard InChI is InChI=1S/C14H17FN2O3/c1-8(9-6-16-7-9)13(18)17-10-3-4-12(15)11(5-10)14(19)20-2/h3-5,8-9,16H,6-7H2,1-2H3,(H,17,18). The third-order valence-electron chi connectivity index (χ3n) is 3.57. The number of hydrogen-bond acceptors (Lipinski definition) is 4. The molecule has 1 aliphatic rings. The minimum Gasteiger partial charge on any atom is -0.465 e. The lowest BCUT2D eigenvalue weighted by molar-refractivity contribution is -0.121. The Morgan fingerprint density at radius 1 is 1.45 bits per heavy atom. The van der Waals surface area contributed by atoms with Gasteiger partial charge < -0.3 is 15.4 Å². The van der Waals surface area contributed by atoms with Gasteiger partial charge in [0.15, 0.2) is 0 Å². The first-order valence-electron chi connectivity index (χ1n) is 6.42. The van der Waals surface area contributed by atoms with E-state index in [0.717, 1.165) is 19.2 Å². The average Bonchev–Trinajstić information content (AvgIpc) is 2.38. The van der Waals surface area contributed by atoms with E-state index in [1.54, 1.807) is 0 Å². The van der Waals surface area contributed by atoms with Gasteiger partial charge in [0.05, 0.1) is 12.7 Å². The first-order valence-corrected chi connectivity index (χ1v) is 6.42. The normalized spacial score (nSPS) is 16.1. The van der Waals surface area contributed by atoms with Gasteiger partial charge >= 0.3 is 5.97 Å². The van der Waals surface area contributed by atoms with E-state index in [0.29, 0.717) is 11.6 Å². The van der Waals surface area contributed by atoms with Gasteiger partial charge in [-0.25, -0.2) is 9.18 Å². The van der Waals surface area contributed by atoms with E-state index in [9.17, 15) is 14.0 Å². The molecular formula is C14H17FN2O3. The van der Waals surface area contributed by atoms with Crippen molar-refractivity contribution in [2.75, 3.05) is 25.5 Å². The van der Waals surface area contributed by atoms with Crippen LogP contribution >= 0.6 is 0 Å².